The van der Waals surface area contributed by atoms with Gasteiger partial charge >= 0.3 is 0 Å². The molecule has 0 unspecified atom stereocenters. The standard InChI is InChI=1S/C12H17N7O3S2.ClH/c1-19(11(15)18-24(2,20)21)5-7-3-4-9(22-7)8-6-23-12(16-8)17-10(13)14;/h3-4,6H,5H2,1-2H3,(H2,15,18)(H4,13,14,16,17);1H. The number of sulfonamides is 1. The molecule has 0 aliphatic carbocycles. The van der Waals surface area contributed by atoms with E-state index in [-0.39, 0.29) is 30.9 Å². The first kappa shape index (κ1) is 20.7. The summed E-state index contributed by atoms with van der Waals surface area (Å²) in [6.45, 7) is 0.246. The minimum Gasteiger partial charge on any atom is -0.458 e. The molecule has 10 nitrogen and oxygen atoms in total. The predicted molar refractivity (Wildman–Crippen MR) is 100 cm³/mol. The number of furan rings is 1. The van der Waals surface area contributed by atoms with E-state index in [1.165, 1.54) is 16.2 Å². The molecule has 0 fully saturated rings. The van der Waals surface area contributed by atoms with Gasteiger partial charge in [0, 0.05) is 12.4 Å². The number of rotatable bonds is 5. The Morgan fingerprint density at radius 2 is 2.04 bits per heavy atom. The summed E-state index contributed by atoms with van der Waals surface area (Å²) in [6, 6.07) is 3.47. The van der Waals surface area contributed by atoms with Crippen LogP contribution < -0.4 is 17.2 Å². The fourth-order valence-electron chi connectivity index (χ4n) is 1.69. The summed E-state index contributed by atoms with van der Waals surface area (Å²) in [6.07, 6.45) is 0.967. The summed E-state index contributed by atoms with van der Waals surface area (Å²) in [5.74, 6) is 0.901. The Hall–Kier alpha value is -2.31. The van der Waals surface area contributed by atoms with Crippen LogP contribution >= 0.6 is 23.7 Å². The molecule has 2 heterocycles. The van der Waals surface area contributed by atoms with Gasteiger partial charge in [-0.25, -0.2) is 13.4 Å². The fourth-order valence-corrected chi connectivity index (χ4v) is 2.87. The number of hydrogen-bond donors (Lipinski definition) is 3. The average molecular weight is 408 g/mol. The second-order valence-electron chi connectivity index (χ2n) is 4.86. The zero-order valence-electron chi connectivity index (χ0n) is 13.4. The van der Waals surface area contributed by atoms with Crippen LogP contribution in [0.1, 0.15) is 5.76 Å². The molecule has 0 spiro atoms. The summed E-state index contributed by atoms with van der Waals surface area (Å²) in [4.78, 5) is 9.55. The van der Waals surface area contributed by atoms with Crippen molar-refractivity contribution < 1.29 is 12.8 Å². The molecule has 2 rings (SSSR count). The lowest BCUT2D eigenvalue weighted by Crippen LogP contribution is -2.34. The van der Waals surface area contributed by atoms with Gasteiger partial charge in [0.1, 0.15) is 11.5 Å². The molecular formula is C12H18ClN7O3S2. The monoisotopic (exact) mass is 407 g/mol. The lowest BCUT2D eigenvalue weighted by atomic mass is 10.3. The number of hydrogen-bond acceptors (Lipinski definition) is 6. The molecule has 13 heteroatoms. The first-order valence-electron chi connectivity index (χ1n) is 6.55. The lowest BCUT2D eigenvalue weighted by molar-refractivity contribution is 0.413. The first-order valence-corrected chi connectivity index (χ1v) is 9.27. The van der Waals surface area contributed by atoms with Gasteiger partial charge in [-0.15, -0.1) is 28.1 Å². The number of halogens is 1. The minimum absolute atomic E-state index is 0. The number of guanidine groups is 2. The maximum Gasteiger partial charge on any atom is 0.253 e. The topological polar surface area (TPSA) is 166 Å². The van der Waals surface area contributed by atoms with Crippen LogP contribution in [0.2, 0.25) is 0 Å². The van der Waals surface area contributed by atoms with Crippen molar-refractivity contribution in [1.29, 1.82) is 0 Å². The molecule has 0 bridgehead atoms. The highest BCUT2D eigenvalue weighted by Gasteiger charge is 2.12. The van der Waals surface area contributed by atoms with Crippen LogP contribution in [-0.2, 0) is 16.6 Å². The number of thiazole rings is 1. The molecule has 2 aromatic rings. The second-order valence-corrected chi connectivity index (χ2v) is 7.34. The van der Waals surface area contributed by atoms with Crippen LogP contribution in [0.3, 0.4) is 0 Å². The second kappa shape index (κ2) is 8.18. The quantitative estimate of drug-likeness (QED) is 0.473. The molecule has 138 valence electrons. The van der Waals surface area contributed by atoms with Crippen molar-refractivity contribution >= 4 is 50.8 Å². The van der Waals surface area contributed by atoms with Crippen molar-refractivity contribution in [3.05, 3.63) is 23.3 Å². The van der Waals surface area contributed by atoms with E-state index in [9.17, 15) is 8.42 Å². The average Bonchev–Trinajstić information content (AvgIpc) is 3.05. The van der Waals surface area contributed by atoms with Gasteiger partial charge < -0.3 is 26.5 Å². The normalized spacial score (nSPS) is 11.7. The van der Waals surface area contributed by atoms with Gasteiger partial charge in [0.2, 0.25) is 11.1 Å². The van der Waals surface area contributed by atoms with Gasteiger partial charge in [-0.3, -0.25) is 0 Å². The Morgan fingerprint density at radius 1 is 1.36 bits per heavy atom. The molecule has 0 aliphatic rings. The highest BCUT2D eigenvalue weighted by atomic mass is 35.5. The van der Waals surface area contributed by atoms with Crippen LogP contribution in [0.4, 0.5) is 5.13 Å². The molecule has 0 aliphatic heterocycles. The zero-order chi connectivity index (χ0) is 17.9. The molecule has 6 N–H and O–H groups in total. The number of nitrogens with zero attached hydrogens (tertiary/aromatic N) is 4. The van der Waals surface area contributed by atoms with Crippen molar-refractivity contribution in [2.45, 2.75) is 6.54 Å². The molecule has 0 saturated carbocycles. The summed E-state index contributed by atoms with van der Waals surface area (Å²) in [7, 11) is -1.95. The smallest absolute Gasteiger partial charge is 0.253 e. The van der Waals surface area contributed by atoms with E-state index in [4.69, 9.17) is 21.6 Å². The largest absolute Gasteiger partial charge is 0.458 e. The maximum absolute atomic E-state index is 11.1. The Bertz CT molecular complexity index is 884. The SMILES string of the molecule is CN(Cc1ccc(-c2csc(N=C(N)N)n2)o1)C(N)=NS(C)(=O)=O.Cl. The third kappa shape index (κ3) is 6.25. The summed E-state index contributed by atoms with van der Waals surface area (Å²) >= 11 is 1.27. The lowest BCUT2D eigenvalue weighted by Gasteiger charge is -2.15. The minimum atomic E-state index is -3.56. The van der Waals surface area contributed by atoms with Crippen molar-refractivity contribution in [2.24, 2.45) is 26.6 Å². The van der Waals surface area contributed by atoms with Gasteiger partial charge in [0.25, 0.3) is 10.0 Å². The Balaban J connectivity index is 0.00000312. The van der Waals surface area contributed by atoms with E-state index in [1.807, 2.05) is 0 Å². The van der Waals surface area contributed by atoms with Gasteiger partial charge in [-0.05, 0) is 12.1 Å². The molecule has 0 amide bonds. The molecule has 2 aromatic heterocycles. The van der Waals surface area contributed by atoms with Crippen LogP contribution in [-0.4, -0.2) is 43.5 Å². The molecule has 0 atom stereocenters. The van der Waals surface area contributed by atoms with Crippen LogP contribution in [0.5, 0.6) is 0 Å². The van der Waals surface area contributed by atoms with E-state index >= 15 is 0 Å². The van der Waals surface area contributed by atoms with Crippen molar-refractivity contribution in [3.8, 4) is 11.5 Å². The molecular weight excluding hydrogens is 390 g/mol. The van der Waals surface area contributed by atoms with Gasteiger partial charge in [0.05, 0.1) is 12.8 Å². The van der Waals surface area contributed by atoms with E-state index in [0.717, 1.165) is 6.26 Å². The van der Waals surface area contributed by atoms with Gasteiger partial charge in [0.15, 0.2) is 11.7 Å². The summed E-state index contributed by atoms with van der Waals surface area (Å²) < 4.78 is 31.3. The molecule has 0 radical (unpaired) electrons. The third-order valence-electron chi connectivity index (χ3n) is 2.67. The maximum atomic E-state index is 11.1. The Labute approximate surface area is 154 Å². The van der Waals surface area contributed by atoms with Gasteiger partial charge in [-0.1, -0.05) is 0 Å². The predicted octanol–water partition coefficient (Wildman–Crippen LogP) is 0.436. The fraction of sp³-hybridized carbons (Fsp3) is 0.250. The number of aliphatic imine (C=N–C) groups is 1. The van der Waals surface area contributed by atoms with Crippen LogP contribution in [0, 0.1) is 0 Å². The van der Waals surface area contributed by atoms with E-state index in [1.54, 1.807) is 24.6 Å². The van der Waals surface area contributed by atoms with Crippen LogP contribution in [0.25, 0.3) is 11.5 Å². The number of nitrogens with two attached hydrogens (primary N) is 3. The zero-order valence-corrected chi connectivity index (χ0v) is 15.9. The first-order chi connectivity index (χ1) is 11.1. The molecule has 0 aromatic carbocycles. The van der Waals surface area contributed by atoms with E-state index in [0.29, 0.717) is 22.3 Å². The van der Waals surface area contributed by atoms with E-state index < -0.39 is 10.0 Å². The van der Waals surface area contributed by atoms with Crippen molar-refractivity contribution in [1.82, 2.24) is 9.88 Å². The molecule has 0 saturated heterocycles. The molecule has 25 heavy (non-hydrogen) atoms. The summed E-state index contributed by atoms with van der Waals surface area (Å²) in [5.41, 5.74) is 16.8. The Morgan fingerprint density at radius 3 is 2.64 bits per heavy atom. The highest BCUT2D eigenvalue weighted by molar-refractivity contribution is 7.89. The number of aromatic nitrogens is 1. The van der Waals surface area contributed by atoms with Crippen molar-refractivity contribution in [2.75, 3.05) is 13.3 Å². The third-order valence-corrected chi connectivity index (χ3v) is 3.93. The Kier molecular flexibility index (Phi) is 6.78. The van der Waals surface area contributed by atoms with Crippen LogP contribution in [0.15, 0.2) is 31.3 Å². The van der Waals surface area contributed by atoms with E-state index in [2.05, 4.69) is 14.4 Å². The van der Waals surface area contributed by atoms with Crippen molar-refractivity contribution in [3.63, 3.8) is 0 Å². The highest BCUT2D eigenvalue weighted by Crippen LogP contribution is 2.28. The van der Waals surface area contributed by atoms with Gasteiger partial charge in [-0.2, -0.15) is 4.99 Å². The summed E-state index contributed by atoms with van der Waals surface area (Å²) in [5, 5.41) is 2.18.